The molecule has 0 spiro atoms. The summed E-state index contributed by atoms with van der Waals surface area (Å²) in [4.78, 5) is 25.0. The average molecular weight is 456 g/mol. The highest BCUT2D eigenvalue weighted by atomic mass is 19.1. The number of benzene rings is 1. The van der Waals surface area contributed by atoms with Gasteiger partial charge < -0.3 is 19.9 Å². The Labute approximate surface area is 195 Å². The van der Waals surface area contributed by atoms with Crippen molar-refractivity contribution in [1.29, 1.82) is 0 Å². The van der Waals surface area contributed by atoms with Gasteiger partial charge >= 0.3 is 6.09 Å². The Kier molecular flexibility index (Phi) is 7.00. The van der Waals surface area contributed by atoms with Gasteiger partial charge in [0.15, 0.2) is 5.82 Å². The Morgan fingerprint density at radius 1 is 1.12 bits per heavy atom. The molecule has 1 aromatic heterocycles. The number of anilines is 2. The van der Waals surface area contributed by atoms with Crippen LogP contribution >= 0.6 is 0 Å². The van der Waals surface area contributed by atoms with E-state index < -0.39 is 11.4 Å². The maximum atomic E-state index is 14.7. The highest BCUT2D eigenvalue weighted by Gasteiger charge is 2.27. The minimum Gasteiger partial charge on any atom is -0.444 e. The molecule has 7 nitrogen and oxygen atoms in total. The van der Waals surface area contributed by atoms with Gasteiger partial charge in [0.2, 0.25) is 5.95 Å². The molecular weight excluding hydrogens is 421 g/mol. The number of hydrogen-bond acceptors (Lipinski definition) is 6. The van der Waals surface area contributed by atoms with E-state index in [1.54, 1.807) is 4.90 Å². The van der Waals surface area contributed by atoms with Gasteiger partial charge in [-0.05, 0) is 65.0 Å². The van der Waals surface area contributed by atoms with Crippen molar-refractivity contribution in [2.45, 2.75) is 64.5 Å². The fourth-order valence-electron chi connectivity index (χ4n) is 4.36. The summed E-state index contributed by atoms with van der Waals surface area (Å²) in [6.45, 7) is 8.85. The van der Waals surface area contributed by atoms with Crippen LogP contribution < -0.4 is 10.2 Å². The molecule has 0 aliphatic carbocycles. The molecule has 178 valence electrons. The monoisotopic (exact) mass is 455 g/mol. The third kappa shape index (κ3) is 6.12. The molecule has 0 bridgehead atoms. The van der Waals surface area contributed by atoms with Crippen molar-refractivity contribution >= 4 is 17.7 Å². The molecule has 2 aromatic rings. The number of nitrogens with one attached hydrogen (secondary N) is 1. The number of carbonyl (C=O) groups excluding carboxylic acids is 1. The molecule has 8 heteroatoms. The van der Waals surface area contributed by atoms with Gasteiger partial charge in [-0.25, -0.2) is 19.2 Å². The Morgan fingerprint density at radius 2 is 1.85 bits per heavy atom. The molecule has 1 amide bonds. The summed E-state index contributed by atoms with van der Waals surface area (Å²) in [7, 11) is 0. The summed E-state index contributed by atoms with van der Waals surface area (Å²) in [6.07, 6.45) is 6.09. The number of halogens is 1. The van der Waals surface area contributed by atoms with E-state index in [4.69, 9.17) is 4.74 Å². The van der Waals surface area contributed by atoms with Crippen molar-refractivity contribution in [3.63, 3.8) is 0 Å². The highest BCUT2D eigenvalue weighted by molar-refractivity contribution is 5.68. The van der Waals surface area contributed by atoms with Gasteiger partial charge in [-0.15, -0.1) is 0 Å². The first-order valence-corrected chi connectivity index (χ1v) is 11.9. The van der Waals surface area contributed by atoms with Crippen LogP contribution in [0.4, 0.5) is 20.8 Å². The standard InChI is InChI=1S/C25H34FN5O2/c1-25(2,3)33-24(32)31-14-10-19(11-15-31)28-23-27-17-21(26)22(29-23)18-8-7-9-20(16-18)30-12-5-4-6-13-30/h7-9,16-17,19H,4-6,10-15H2,1-3H3,(H,27,28,29). The SMILES string of the molecule is CC(C)(C)OC(=O)N1CCC(Nc2ncc(F)c(-c3cccc(N4CCCCC4)c3)n2)CC1. The van der Waals surface area contributed by atoms with E-state index in [-0.39, 0.29) is 12.1 Å². The molecule has 0 radical (unpaired) electrons. The van der Waals surface area contributed by atoms with E-state index in [0.717, 1.165) is 37.2 Å². The summed E-state index contributed by atoms with van der Waals surface area (Å²) in [5, 5.41) is 3.33. The van der Waals surface area contributed by atoms with E-state index in [2.05, 4.69) is 26.3 Å². The number of rotatable bonds is 4. The summed E-state index contributed by atoms with van der Waals surface area (Å²) in [5.41, 5.74) is 1.66. The van der Waals surface area contributed by atoms with Crippen LogP contribution in [0, 0.1) is 5.82 Å². The van der Waals surface area contributed by atoms with Gasteiger partial charge in [-0.2, -0.15) is 0 Å². The Balaban J connectivity index is 1.41. The first-order chi connectivity index (χ1) is 15.8. The molecule has 2 aliphatic heterocycles. The van der Waals surface area contributed by atoms with Gasteiger partial charge in [-0.3, -0.25) is 0 Å². The van der Waals surface area contributed by atoms with Crippen LogP contribution in [0.25, 0.3) is 11.3 Å². The zero-order valence-corrected chi connectivity index (χ0v) is 19.8. The summed E-state index contributed by atoms with van der Waals surface area (Å²) in [5.74, 6) is -0.0263. The number of nitrogens with zero attached hydrogens (tertiary/aromatic N) is 4. The number of ether oxygens (including phenoxy) is 1. The minimum atomic E-state index is -0.504. The first kappa shape index (κ1) is 23.3. The topological polar surface area (TPSA) is 70.6 Å². The van der Waals surface area contributed by atoms with E-state index in [1.165, 1.54) is 25.5 Å². The smallest absolute Gasteiger partial charge is 0.410 e. The maximum Gasteiger partial charge on any atom is 0.410 e. The van der Waals surface area contributed by atoms with Crippen molar-refractivity contribution in [2.75, 3.05) is 36.4 Å². The number of hydrogen-bond donors (Lipinski definition) is 1. The second-order valence-electron chi connectivity index (χ2n) is 9.87. The number of amides is 1. The third-order valence-electron chi connectivity index (χ3n) is 6.06. The normalized spacial score (nSPS) is 17.7. The van der Waals surface area contributed by atoms with Crippen molar-refractivity contribution in [3.05, 3.63) is 36.3 Å². The molecule has 33 heavy (non-hydrogen) atoms. The van der Waals surface area contributed by atoms with Crippen LogP contribution in [0.1, 0.15) is 52.9 Å². The van der Waals surface area contributed by atoms with Crippen LogP contribution in [0.15, 0.2) is 30.5 Å². The molecule has 0 saturated carbocycles. The van der Waals surface area contributed by atoms with Crippen LogP contribution in [0.3, 0.4) is 0 Å². The van der Waals surface area contributed by atoms with Crippen molar-refractivity contribution in [2.24, 2.45) is 0 Å². The van der Waals surface area contributed by atoms with Crippen molar-refractivity contribution in [1.82, 2.24) is 14.9 Å². The molecule has 2 aliphatic rings. The lowest BCUT2D eigenvalue weighted by molar-refractivity contribution is 0.0210. The summed E-state index contributed by atoms with van der Waals surface area (Å²) < 4.78 is 20.1. The lowest BCUT2D eigenvalue weighted by atomic mass is 10.1. The van der Waals surface area contributed by atoms with Gasteiger partial charge in [0.1, 0.15) is 11.3 Å². The number of piperidine rings is 2. The Hall–Kier alpha value is -2.90. The average Bonchev–Trinajstić information content (AvgIpc) is 2.80. The third-order valence-corrected chi connectivity index (χ3v) is 6.06. The molecule has 4 rings (SSSR count). The van der Waals surface area contributed by atoms with E-state index in [9.17, 15) is 9.18 Å². The molecule has 0 unspecified atom stereocenters. The molecular formula is C25H34FN5O2. The van der Waals surface area contributed by atoms with Crippen LogP contribution in [-0.2, 0) is 4.74 Å². The number of carbonyl (C=O) groups is 1. The predicted molar refractivity (Wildman–Crippen MR) is 128 cm³/mol. The van der Waals surface area contributed by atoms with Crippen LogP contribution in [0.2, 0.25) is 0 Å². The maximum absolute atomic E-state index is 14.7. The van der Waals surface area contributed by atoms with Gasteiger partial charge in [-0.1, -0.05) is 12.1 Å². The van der Waals surface area contributed by atoms with Crippen molar-refractivity contribution < 1.29 is 13.9 Å². The van der Waals surface area contributed by atoms with Crippen LogP contribution in [-0.4, -0.2) is 58.8 Å². The van der Waals surface area contributed by atoms with E-state index >= 15 is 0 Å². The Bertz CT molecular complexity index is 964. The van der Waals surface area contributed by atoms with Crippen molar-refractivity contribution in [3.8, 4) is 11.3 Å². The van der Waals surface area contributed by atoms with Crippen LogP contribution in [0.5, 0.6) is 0 Å². The lowest BCUT2D eigenvalue weighted by Gasteiger charge is -2.33. The van der Waals surface area contributed by atoms with Gasteiger partial charge in [0.25, 0.3) is 0 Å². The molecule has 3 heterocycles. The molecule has 2 fully saturated rings. The zero-order chi connectivity index (χ0) is 23.4. The highest BCUT2D eigenvalue weighted by Crippen LogP contribution is 2.28. The fraction of sp³-hybridized carbons (Fsp3) is 0.560. The summed E-state index contributed by atoms with van der Waals surface area (Å²) >= 11 is 0. The van der Waals surface area contributed by atoms with E-state index in [0.29, 0.717) is 24.7 Å². The van der Waals surface area contributed by atoms with Gasteiger partial charge in [0.05, 0.1) is 6.20 Å². The van der Waals surface area contributed by atoms with E-state index in [1.807, 2.05) is 39.0 Å². The molecule has 1 aromatic carbocycles. The number of aromatic nitrogens is 2. The second kappa shape index (κ2) is 9.93. The second-order valence-corrected chi connectivity index (χ2v) is 9.87. The minimum absolute atomic E-state index is 0.113. The fourth-order valence-corrected chi connectivity index (χ4v) is 4.36. The first-order valence-electron chi connectivity index (χ1n) is 11.9. The summed E-state index contributed by atoms with van der Waals surface area (Å²) in [6, 6.07) is 8.05. The largest absolute Gasteiger partial charge is 0.444 e. The quantitative estimate of drug-likeness (QED) is 0.693. The molecule has 1 N–H and O–H groups in total. The Morgan fingerprint density at radius 3 is 2.55 bits per heavy atom. The van der Waals surface area contributed by atoms with Gasteiger partial charge in [0, 0.05) is 43.5 Å². The predicted octanol–water partition coefficient (Wildman–Crippen LogP) is 5.08. The molecule has 2 saturated heterocycles. The molecule has 0 atom stereocenters. The zero-order valence-electron chi connectivity index (χ0n) is 19.8. The lowest BCUT2D eigenvalue weighted by Crippen LogP contribution is -2.44. The number of likely N-dealkylation sites (tertiary alicyclic amines) is 1.